The zero-order valence-corrected chi connectivity index (χ0v) is 10.4. The van der Waals surface area contributed by atoms with Crippen molar-refractivity contribution < 1.29 is 19.1 Å². The molecule has 6 nitrogen and oxygen atoms in total. The molecule has 0 saturated heterocycles. The second-order valence-corrected chi connectivity index (χ2v) is 4.07. The van der Waals surface area contributed by atoms with Crippen LogP contribution in [-0.4, -0.2) is 26.8 Å². The second kappa shape index (κ2) is 5.96. The van der Waals surface area contributed by atoms with Gasteiger partial charge in [0.2, 0.25) is 5.91 Å². The van der Waals surface area contributed by atoms with E-state index in [0.717, 1.165) is 18.2 Å². The lowest BCUT2D eigenvalue weighted by Crippen LogP contribution is -2.16. The monoisotopic (exact) mass is 277 g/mol. The zero-order valence-electron chi connectivity index (χ0n) is 10.4. The van der Waals surface area contributed by atoms with Crippen LogP contribution in [-0.2, 0) is 11.3 Å². The smallest absolute Gasteiger partial charge is 0.335 e. The van der Waals surface area contributed by atoms with Gasteiger partial charge >= 0.3 is 5.97 Å². The van der Waals surface area contributed by atoms with Crippen molar-refractivity contribution in [1.82, 2.24) is 9.78 Å². The van der Waals surface area contributed by atoms with Gasteiger partial charge in [-0.15, -0.1) is 0 Å². The Morgan fingerprint density at radius 3 is 2.85 bits per heavy atom. The van der Waals surface area contributed by atoms with Gasteiger partial charge in [-0.2, -0.15) is 5.10 Å². The fourth-order valence-electron chi connectivity index (χ4n) is 1.62. The number of aryl methyl sites for hydroxylation is 1. The number of carbonyl (C=O) groups excluding carboxylic acids is 1. The Kier molecular flexibility index (Phi) is 4.09. The number of carbonyl (C=O) groups is 2. The summed E-state index contributed by atoms with van der Waals surface area (Å²) in [7, 11) is 0. The molecule has 104 valence electrons. The Hall–Kier alpha value is -2.70. The van der Waals surface area contributed by atoms with Crippen LogP contribution in [0.15, 0.2) is 36.7 Å². The molecule has 0 radical (unpaired) electrons. The molecule has 0 unspecified atom stereocenters. The third kappa shape index (κ3) is 3.41. The van der Waals surface area contributed by atoms with E-state index < -0.39 is 17.7 Å². The van der Waals surface area contributed by atoms with Crippen molar-refractivity contribution in [3.63, 3.8) is 0 Å². The second-order valence-electron chi connectivity index (χ2n) is 4.07. The van der Waals surface area contributed by atoms with Gasteiger partial charge in [0.1, 0.15) is 5.82 Å². The van der Waals surface area contributed by atoms with Crippen molar-refractivity contribution >= 4 is 17.6 Å². The standard InChI is InChI=1S/C13H12FN3O3/c14-10-3-2-9(13(19)20)8-11(10)16-12(18)4-7-17-6-1-5-15-17/h1-3,5-6,8H,4,7H2,(H,16,18)(H,19,20). The van der Waals surface area contributed by atoms with Crippen LogP contribution in [0.1, 0.15) is 16.8 Å². The van der Waals surface area contributed by atoms with E-state index in [-0.39, 0.29) is 17.7 Å². The Labute approximate surface area is 113 Å². The lowest BCUT2D eigenvalue weighted by molar-refractivity contribution is -0.116. The molecule has 0 aliphatic rings. The maximum atomic E-state index is 13.5. The van der Waals surface area contributed by atoms with Crippen molar-refractivity contribution in [1.29, 1.82) is 0 Å². The molecule has 0 saturated carbocycles. The first-order valence-electron chi connectivity index (χ1n) is 5.86. The van der Waals surface area contributed by atoms with Crippen LogP contribution in [0.3, 0.4) is 0 Å². The van der Waals surface area contributed by atoms with Gasteiger partial charge in [0.25, 0.3) is 0 Å². The first kappa shape index (κ1) is 13.7. The molecule has 0 fully saturated rings. The number of aromatic carboxylic acids is 1. The number of aromatic nitrogens is 2. The Morgan fingerprint density at radius 2 is 2.20 bits per heavy atom. The average molecular weight is 277 g/mol. The summed E-state index contributed by atoms with van der Waals surface area (Å²) in [6.07, 6.45) is 3.41. The predicted octanol–water partition coefficient (Wildman–Crippen LogP) is 1.75. The highest BCUT2D eigenvalue weighted by Crippen LogP contribution is 2.16. The molecule has 2 aromatic rings. The van der Waals surface area contributed by atoms with Crippen LogP contribution in [0.25, 0.3) is 0 Å². The van der Waals surface area contributed by atoms with Gasteiger partial charge < -0.3 is 10.4 Å². The van der Waals surface area contributed by atoms with E-state index in [1.165, 1.54) is 0 Å². The molecule has 1 aromatic heterocycles. The minimum atomic E-state index is -1.18. The molecule has 0 spiro atoms. The van der Waals surface area contributed by atoms with Gasteiger partial charge in [-0.25, -0.2) is 9.18 Å². The molecule has 20 heavy (non-hydrogen) atoms. The molecule has 1 heterocycles. The van der Waals surface area contributed by atoms with Gasteiger partial charge in [0.15, 0.2) is 0 Å². The van der Waals surface area contributed by atoms with E-state index in [1.54, 1.807) is 23.1 Å². The fourth-order valence-corrected chi connectivity index (χ4v) is 1.62. The molecule has 0 aliphatic carbocycles. The van der Waals surface area contributed by atoms with Gasteiger partial charge in [0.05, 0.1) is 11.3 Å². The molecule has 2 rings (SSSR count). The number of carboxylic acid groups (broad SMARTS) is 1. The topological polar surface area (TPSA) is 84.2 Å². The van der Waals surface area contributed by atoms with Crippen LogP contribution in [0, 0.1) is 5.82 Å². The predicted molar refractivity (Wildman–Crippen MR) is 68.8 cm³/mol. The van der Waals surface area contributed by atoms with Crippen molar-refractivity contribution in [3.8, 4) is 0 Å². The maximum Gasteiger partial charge on any atom is 0.335 e. The van der Waals surface area contributed by atoms with Crippen LogP contribution < -0.4 is 5.32 Å². The van der Waals surface area contributed by atoms with Crippen LogP contribution in [0.4, 0.5) is 10.1 Å². The zero-order chi connectivity index (χ0) is 14.5. The Morgan fingerprint density at radius 1 is 1.40 bits per heavy atom. The summed E-state index contributed by atoms with van der Waals surface area (Å²) in [5.41, 5.74) is -0.232. The summed E-state index contributed by atoms with van der Waals surface area (Å²) in [6, 6.07) is 4.96. The van der Waals surface area contributed by atoms with Crippen molar-refractivity contribution in [2.75, 3.05) is 5.32 Å². The van der Waals surface area contributed by atoms with Gasteiger partial charge in [-0.3, -0.25) is 9.48 Å². The summed E-state index contributed by atoms with van der Waals surface area (Å²) in [4.78, 5) is 22.5. The number of nitrogens with zero attached hydrogens (tertiary/aromatic N) is 2. The van der Waals surface area contributed by atoms with E-state index in [2.05, 4.69) is 10.4 Å². The third-order valence-electron chi connectivity index (χ3n) is 2.61. The highest BCUT2D eigenvalue weighted by atomic mass is 19.1. The highest BCUT2D eigenvalue weighted by molar-refractivity contribution is 5.94. The molecule has 0 atom stereocenters. The van der Waals surface area contributed by atoms with Gasteiger partial charge in [0, 0.05) is 25.4 Å². The summed E-state index contributed by atoms with van der Waals surface area (Å²) in [5, 5.41) is 15.1. The largest absolute Gasteiger partial charge is 0.478 e. The van der Waals surface area contributed by atoms with Crippen LogP contribution in [0.2, 0.25) is 0 Å². The number of halogens is 1. The number of benzene rings is 1. The fraction of sp³-hybridized carbons (Fsp3) is 0.154. The number of anilines is 1. The van der Waals surface area contributed by atoms with E-state index in [9.17, 15) is 14.0 Å². The SMILES string of the molecule is O=C(CCn1cccn1)Nc1cc(C(=O)O)ccc1F. The number of rotatable bonds is 5. The number of carboxylic acids is 1. The minimum absolute atomic E-state index is 0.0891. The van der Waals surface area contributed by atoms with Crippen molar-refractivity contribution in [2.24, 2.45) is 0 Å². The van der Waals surface area contributed by atoms with Gasteiger partial charge in [-0.1, -0.05) is 0 Å². The maximum absolute atomic E-state index is 13.5. The summed E-state index contributed by atoms with van der Waals surface area (Å²) in [5.74, 6) is -2.28. The average Bonchev–Trinajstić information content (AvgIpc) is 2.92. The molecule has 1 aromatic carbocycles. The highest BCUT2D eigenvalue weighted by Gasteiger charge is 2.11. The third-order valence-corrected chi connectivity index (χ3v) is 2.61. The Bertz CT molecular complexity index is 626. The van der Waals surface area contributed by atoms with E-state index in [0.29, 0.717) is 6.54 Å². The van der Waals surface area contributed by atoms with E-state index >= 15 is 0 Å². The summed E-state index contributed by atoms with van der Waals surface area (Å²) in [6.45, 7) is 0.360. The molecule has 0 bridgehead atoms. The van der Waals surface area contributed by atoms with E-state index in [4.69, 9.17) is 5.11 Å². The van der Waals surface area contributed by atoms with Crippen molar-refractivity contribution in [3.05, 3.63) is 48.0 Å². The molecule has 2 N–H and O–H groups in total. The molecular formula is C13H12FN3O3. The first-order chi connectivity index (χ1) is 9.56. The summed E-state index contributed by atoms with van der Waals surface area (Å²) < 4.78 is 15.1. The lowest BCUT2D eigenvalue weighted by Gasteiger charge is -2.07. The molecule has 7 heteroatoms. The molecule has 1 amide bonds. The molecular weight excluding hydrogens is 265 g/mol. The van der Waals surface area contributed by atoms with Crippen LogP contribution >= 0.6 is 0 Å². The van der Waals surface area contributed by atoms with Crippen molar-refractivity contribution in [2.45, 2.75) is 13.0 Å². The quantitative estimate of drug-likeness (QED) is 0.872. The normalized spacial score (nSPS) is 10.2. The lowest BCUT2D eigenvalue weighted by atomic mass is 10.2. The number of nitrogens with one attached hydrogen (secondary N) is 1. The number of hydrogen-bond acceptors (Lipinski definition) is 3. The summed E-state index contributed by atoms with van der Waals surface area (Å²) >= 11 is 0. The molecule has 0 aliphatic heterocycles. The first-order valence-corrected chi connectivity index (χ1v) is 5.86. The Balaban J connectivity index is 2.00. The van der Waals surface area contributed by atoms with Gasteiger partial charge in [-0.05, 0) is 24.3 Å². The number of hydrogen-bond donors (Lipinski definition) is 2. The minimum Gasteiger partial charge on any atom is -0.478 e. The van der Waals surface area contributed by atoms with Crippen LogP contribution in [0.5, 0.6) is 0 Å². The van der Waals surface area contributed by atoms with E-state index in [1.807, 2.05) is 0 Å². The number of amides is 1.